The van der Waals surface area contributed by atoms with Crippen LogP contribution in [0, 0.1) is 0 Å². The lowest BCUT2D eigenvalue weighted by molar-refractivity contribution is -0.0650. The molecule has 1 N–H and O–H groups in total. The minimum absolute atomic E-state index is 0.207. The Labute approximate surface area is 130 Å². The fraction of sp³-hybridized carbons (Fsp3) is 0.625. The number of hydrogen-bond acceptors (Lipinski definition) is 6. The molecule has 6 nitrogen and oxygen atoms in total. The smallest absolute Gasteiger partial charge is 0.231 e. The van der Waals surface area contributed by atoms with Gasteiger partial charge in [-0.25, -0.2) is 0 Å². The van der Waals surface area contributed by atoms with E-state index >= 15 is 0 Å². The molecule has 3 rings (SSSR count). The van der Waals surface area contributed by atoms with E-state index in [9.17, 15) is 5.11 Å². The molecule has 0 aliphatic carbocycles. The van der Waals surface area contributed by atoms with Gasteiger partial charge in [0.2, 0.25) is 6.79 Å². The molecule has 0 saturated carbocycles. The van der Waals surface area contributed by atoms with Crippen molar-refractivity contribution < 1.29 is 24.1 Å². The van der Waals surface area contributed by atoms with Gasteiger partial charge in [0, 0.05) is 25.2 Å². The third kappa shape index (κ3) is 3.63. The van der Waals surface area contributed by atoms with E-state index in [2.05, 4.69) is 11.8 Å². The molecule has 0 spiro atoms. The lowest BCUT2D eigenvalue weighted by atomic mass is 10.2. The van der Waals surface area contributed by atoms with Gasteiger partial charge in [0.25, 0.3) is 0 Å². The first kappa shape index (κ1) is 15.4. The number of hydrogen-bond donors (Lipinski definition) is 1. The van der Waals surface area contributed by atoms with Crippen LogP contribution in [0.5, 0.6) is 17.2 Å². The molecular formula is C16H23NO5. The summed E-state index contributed by atoms with van der Waals surface area (Å²) >= 11 is 0. The number of ether oxygens (including phenoxy) is 4. The van der Waals surface area contributed by atoms with E-state index in [1.165, 1.54) is 0 Å². The fourth-order valence-electron chi connectivity index (χ4n) is 2.71. The Morgan fingerprint density at radius 1 is 1.32 bits per heavy atom. The molecule has 2 aliphatic rings. The molecule has 0 amide bonds. The van der Waals surface area contributed by atoms with Crippen LogP contribution in [0.2, 0.25) is 0 Å². The number of aliphatic hydroxyl groups excluding tert-OH is 1. The van der Waals surface area contributed by atoms with Crippen molar-refractivity contribution in [1.29, 1.82) is 0 Å². The van der Waals surface area contributed by atoms with Gasteiger partial charge in [0.1, 0.15) is 18.5 Å². The molecule has 1 saturated heterocycles. The van der Waals surface area contributed by atoms with Gasteiger partial charge >= 0.3 is 0 Å². The molecule has 6 heteroatoms. The average Bonchev–Trinajstić information content (AvgIpc) is 2.96. The second-order valence-corrected chi connectivity index (χ2v) is 5.93. The minimum Gasteiger partial charge on any atom is -0.491 e. The number of β-amino-alcohol motifs (C(OH)–C–C–N with tert-alkyl or cyclic N) is 1. The number of aliphatic hydroxyl groups is 1. The zero-order valence-electron chi connectivity index (χ0n) is 13.0. The lowest BCUT2D eigenvalue weighted by Crippen LogP contribution is -2.50. The monoisotopic (exact) mass is 309 g/mol. The van der Waals surface area contributed by atoms with Crippen LogP contribution >= 0.6 is 0 Å². The average molecular weight is 309 g/mol. The highest BCUT2D eigenvalue weighted by Gasteiger charge is 2.25. The molecule has 1 aromatic carbocycles. The van der Waals surface area contributed by atoms with Crippen molar-refractivity contribution in [2.24, 2.45) is 0 Å². The summed E-state index contributed by atoms with van der Waals surface area (Å²) in [6.07, 6.45) is -0.337. The van der Waals surface area contributed by atoms with Crippen molar-refractivity contribution in [3.05, 3.63) is 18.2 Å². The third-order valence-electron chi connectivity index (χ3n) is 3.97. The van der Waals surface area contributed by atoms with E-state index in [0.29, 0.717) is 30.7 Å². The summed E-state index contributed by atoms with van der Waals surface area (Å²) in [5.41, 5.74) is 0. The predicted octanol–water partition coefficient (Wildman–Crippen LogP) is 1.26. The van der Waals surface area contributed by atoms with Crippen LogP contribution in [-0.4, -0.2) is 61.4 Å². The molecule has 0 unspecified atom stereocenters. The second-order valence-electron chi connectivity index (χ2n) is 5.93. The highest BCUT2D eigenvalue weighted by Crippen LogP contribution is 2.35. The molecule has 0 bridgehead atoms. The maximum atomic E-state index is 10.2. The molecule has 0 aromatic heterocycles. The van der Waals surface area contributed by atoms with E-state index in [4.69, 9.17) is 18.9 Å². The van der Waals surface area contributed by atoms with Crippen LogP contribution < -0.4 is 14.2 Å². The topological polar surface area (TPSA) is 60.4 Å². The van der Waals surface area contributed by atoms with Gasteiger partial charge in [0.15, 0.2) is 11.5 Å². The molecule has 1 fully saturated rings. The lowest BCUT2D eigenvalue weighted by Gasteiger charge is -2.37. The second kappa shape index (κ2) is 6.73. The predicted molar refractivity (Wildman–Crippen MR) is 80.5 cm³/mol. The zero-order valence-corrected chi connectivity index (χ0v) is 13.0. The van der Waals surface area contributed by atoms with E-state index in [1.54, 1.807) is 6.07 Å². The Hall–Kier alpha value is -1.50. The van der Waals surface area contributed by atoms with Crippen molar-refractivity contribution in [2.45, 2.75) is 32.1 Å². The van der Waals surface area contributed by atoms with E-state index < -0.39 is 6.10 Å². The molecule has 122 valence electrons. The summed E-state index contributed by atoms with van der Waals surface area (Å²) in [6, 6.07) is 5.74. The molecule has 3 atom stereocenters. The maximum Gasteiger partial charge on any atom is 0.231 e. The van der Waals surface area contributed by atoms with Crippen molar-refractivity contribution in [2.75, 3.05) is 33.1 Å². The third-order valence-corrected chi connectivity index (χ3v) is 3.97. The Morgan fingerprint density at radius 3 is 3.00 bits per heavy atom. The number of fused-ring (bicyclic) bond motifs is 1. The van der Waals surface area contributed by atoms with Crippen LogP contribution in [0.1, 0.15) is 13.8 Å². The van der Waals surface area contributed by atoms with Crippen LogP contribution in [0.3, 0.4) is 0 Å². The summed E-state index contributed by atoms with van der Waals surface area (Å²) in [7, 11) is 0. The number of nitrogens with zero attached hydrogens (tertiary/aromatic N) is 1. The Bertz CT molecular complexity index is 509. The number of rotatable bonds is 5. The standard InChI is InChI=1S/C16H23NO5/c1-11-8-19-12(2)6-17(11)7-13(18)9-20-14-3-4-15-16(5-14)22-10-21-15/h3-5,11-13,18H,6-10H2,1-2H3/t11-,12-,13+/m1/s1. The van der Waals surface area contributed by atoms with Gasteiger partial charge in [-0.05, 0) is 26.0 Å². The molecule has 2 aliphatic heterocycles. The van der Waals surface area contributed by atoms with Gasteiger partial charge in [-0.15, -0.1) is 0 Å². The summed E-state index contributed by atoms with van der Waals surface area (Å²) in [5.74, 6) is 2.08. The number of morpholine rings is 1. The first-order valence-corrected chi connectivity index (χ1v) is 7.68. The van der Waals surface area contributed by atoms with Crippen LogP contribution in [0.15, 0.2) is 18.2 Å². The summed E-state index contributed by atoms with van der Waals surface area (Å²) in [5, 5.41) is 10.2. The van der Waals surface area contributed by atoms with E-state index in [1.807, 2.05) is 19.1 Å². The number of benzene rings is 1. The summed E-state index contributed by atoms with van der Waals surface area (Å²) < 4.78 is 21.8. The summed E-state index contributed by atoms with van der Waals surface area (Å²) in [6.45, 7) is 6.77. The van der Waals surface area contributed by atoms with Gasteiger partial charge in [0.05, 0.1) is 12.7 Å². The Kier molecular flexibility index (Phi) is 4.71. The fourth-order valence-corrected chi connectivity index (χ4v) is 2.71. The van der Waals surface area contributed by atoms with Crippen LogP contribution in [0.25, 0.3) is 0 Å². The first-order chi connectivity index (χ1) is 10.6. The van der Waals surface area contributed by atoms with Crippen molar-refractivity contribution in [3.8, 4) is 17.2 Å². The normalized spacial score (nSPS) is 26.0. The zero-order chi connectivity index (χ0) is 15.5. The first-order valence-electron chi connectivity index (χ1n) is 7.68. The Morgan fingerprint density at radius 2 is 2.14 bits per heavy atom. The quantitative estimate of drug-likeness (QED) is 0.884. The van der Waals surface area contributed by atoms with Crippen LogP contribution in [-0.2, 0) is 4.74 Å². The molecule has 22 heavy (non-hydrogen) atoms. The van der Waals surface area contributed by atoms with Gasteiger partial charge in [-0.3, -0.25) is 4.90 Å². The highest BCUT2D eigenvalue weighted by atomic mass is 16.7. The minimum atomic E-state index is -0.543. The molecule has 2 heterocycles. The molecular weight excluding hydrogens is 286 g/mol. The Balaban J connectivity index is 1.48. The summed E-state index contributed by atoms with van der Waals surface area (Å²) in [4.78, 5) is 2.24. The van der Waals surface area contributed by atoms with Crippen molar-refractivity contribution in [1.82, 2.24) is 4.90 Å². The maximum absolute atomic E-state index is 10.2. The molecule has 1 aromatic rings. The largest absolute Gasteiger partial charge is 0.491 e. The van der Waals surface area contributed by atoms with E-state index in [0.717, 1.165) is 12.3 Å². The SMILES string of the molecule is C[C@@H]1CN(C[C@H](O)COc2ccc3c(c2)OCO3)[C@H](C)CO1. The van der Waals surface area contributed by atoms with Gasteiger partial charge < -0.3 is 24.1 Å². The van der Waals surface area contributed by atoms with Gasteiger partial charge in [-0.2, -0.15) is 0 Å². The van der Waals surface area contributed by atoms with Crippen molar-refractivity contribution >= 4 is 0 Å². The highest BCUT2D eigenvalue weighted by molar-refractivity contribution is 5.46. The van der Waals surface area contributed by atoms with Crippen LogP contribution in [0.4, 0.5) is 0 Å². The van der Waals surface area contributed by atoms with E-state index in [-0.39, 0.29) is 19.5 Å². The molecule has 0 radical (unpaired) electrons. The van der Waals surface area contributed by atoms with Crippen molar-refractivity contribution in [3.63, 3.8) is 0 Å². The van der Waals surface area contributed by atoms with Gasteiger partial charge in [-0.1, -0.05) is 0 Å².